The molecule has 0 radical (unpaired) electrons. The summed E-state index contributed by atoms with van der Waals surface area (Å²) < 4.78 is 0. The summed E-state index contributed by atoms with van der Waals surface area (Å²) in [6, 6.07) is 0.133. The first kappa shape index (κ1) is 12.0. The van der Waals surface area contributed by atoms with E-state index in [1.165, 1.54) is 6.92 Å². The summed E-state index contributed by atoms with van der Waals surface area (Å²) in [5.41, 5.74) is -0.328. The summed E-state index contributed by atoms with van der Waals surface area (Å²) in [6.45, 7) is 8.66. The molecule has 1 heterocycles. The van der Waals surface area contributed by atoms with Gasteiger partial charge in [-0.2, -0.15) is 0 Å². The van der Waals surface area contributed by atoms with Gasteiger partial charge in [-0.15, -0.1) is 0 Å². The highest BCUT2D eigenvalue weighted by molar-refractivity contribution is 5.82. The van der Waals surface area contributed by atoms with Gasteiger partial charge < -0.3 is 10.2 Å². The first-order chi connectivity index (χ1) is 6.80. The van der Waals surface area contributed by atoms with Crippen molar-refractivity contribution in [2.75, 3.05) is 13.1 Å². The Balaban J connectivity index is 2.50. The molecule has 1 aliphatic rings. The second-order valence-electron chi connectivity index (χ2n) is 5.19. The Morgan fingerprint density at radius 2 is 1.93 bits per heavy atom. The van der Waals surface area contributed by atoms with Crippen LogP contribution < -0.4 is 5.32 Å². The molecule has 1 rings (SSSR count). The van der Waals surface area contributed by atoms with Crippen molar-refractivity contribution < 1.29 is 9.59 Å². The molecule has 0 aromatic heterocycles. The number of hydrogen-bond acceptors (Lipinski definition) is 2. The normalized spacial score (nSPS) is 21.6. The highest BCUT2D eigenvalue weighted by Crippen LogP contribution is 2.21. The Hall–Kier alpha value is -1.06. The third-order valence-electron chi connectivity index (χ3n) is 2.52. The molecular formula is C11H20N2O2. The second kappa shape index (κ2) is 4.21. The minimum atomic E-state index is -0.328. The minimum Gasteiger partial charge on any atom is -0.352 e. The average molecular weight is 212 g/mol. The van der Waals surface area contributed by atoms with E-state index in [1.54, 1.807) is 0 Å². The van der Waals surface area contributed by atoms with E-state index >= 15 is 0 Å². The van der Waals surface area contributed by atoms with Crippen LogP contribution in [0.2, 0.25) is 0 Å². The highest BCUT2D eigenvalue weighted by atomic mass is 16.2. The lowest BCUT2D eigenvalue weighted by molar-refractivity contribution is -0.138. The molecule has 1 fully saturated rings. The van der Waals surface area contributed by atoms with Gasteiger partial charge in [0.05, 0.1) is 0 Å². The van der Waals surface area contributed by atoms with Crippen molar-refractivity contribution in [2.45, 2.75) is 40.2 Å². The molecule has 86 valence electrons. The Bertz CT molecular complexity index is 268. The van der Waals surface area contributed by atoms with Crippen LogP contribution in [0.4, 0.5) is 0 Å². The third kappa shape index (κ3) is 3.22. The van der Waals surface area contributed by atoms with Gasteiger partial charge in [-0.25, -0.2) is 0 Å². The van der Waals surface area contributed by atoms with Crippen molar-refractivity contribution in [3.8, 4) is 0 Å². The number of carbonyl (C=O) groups is 2. The summed E-state index contributed by atoms with van der Waals surface area (Å²) in [4.78, 5) is 24.6. The summed E-state index contributed by atoms with van der Waals surface area (Å²) in [5, 5.41) is 2.85. The lowest BCUT2D eigenvalue weighted by Crippen LogP contribution is -2.41. The van der Waals surface area contributed by atoms with Crippen LogP contribution in [0.25, 0.3) is 0 Å². The molecule has 0 unspecified atom stereocenters. The van der Waals surface area contributed by atoms with E-state index in [4.69, 9.17) is 0 Å². The van der Waals surface area contributed by atoms with Crippen molar-refractivity contribution in [1.82, 2.24) is 10.2 Å². The largest absolute Gasteiger partial charge is 0.352 e. The smallest absolute Gasteiger partial charge is 0.228 e. The number of nitrogens with one attached hydrogen (secondary N) is 1. The van der Waals surface area contributed by atoms with Crippen molar-refractivity contribution in [3.05, 3.63) is 0 Å². The maximum Gasteiger partial charge on any atom is 0.228 e. The molecule has 1 saturated heterocycles. The Kier molecular flexibility index (Phi) is 3.37. The molecule has 1 atom stereocenters. The van der Waals surface area contributed by atoms with E-state index in [-0.39, 0.29) is 23.3 Å². The maximum absolute atomic E-state index is 11.9. The van der Waals surface area contributed by atoms with Gasteiger partial charge in [-0.3, -0.25) is 9.59 Å². The minimum absolute atomic E-state index is 0.0231. The van der Waals surface area contributed by atoms with Crippen LogP contribution in [0, 0.1) is 5.41 Å². The fraction of sp³-hybridized carbons (Fsp3) is 0.818. The lowest BCUT2D eigenvalue weighted by atomic mass is 9.95. The predicted octanol–water partition coefficient (Wildman–Crippen LogP) is 0.769. The number of amides is 2. The summed E-state index contributed by atoms with van der Waals surface area (Å²) in [7, 11) is 0. The monoisotopic (exact) mass is 212 g/mol. The SMILES string of the molecule is CC(=O)N[C@@H]1CCN(C(=O)C(C)(C)C)C1. The van der Waals surface area contributed by atoms with E-state index in [0.29, 0.717) is 6.54 Å². The predicted molar refractivity (Wildman–Crippen MR) is 58.3 cm³/mol. The molecular weight excluding hydrogens is 192 g/mol. The molecule has 0 saturated carbocycles. The van der Waals surface area contributed by atoms with Crippen LogP contribution >= 0.6 is 0 Å². The van der Waals surface area contributed by atoms with Crippen molar-refractivity contribution in [1.29, 1.82) is 0 Å². The Morgan fingerprint density at radius 1 is 1.33 bits per heavy atom. The molecule has 0 spiro atoms. The molecule has 0 aromatic rings. The number of likely N-dealkylation sites (tertiary alicyclic amines) is 1. The van der Waals surface area contributed by atoms with Crippen LogP contribution in [0.1, 0.15) is 34.1 Å². The topological polar surface area (TPSA) is 49.4 Å². The van der Waals surface area contributed by atoms with Crippen molar-refractivity contribution >= 4 is 11.8 Å². The van der Waals surface area contributed by atoms with E-state index in [1.807, 2.05) is 25.7 Å². The zero-order chi connectivity index (χ0) is 11.6. The van der Waals surface area contributed by atoms with Gasteiger partial charge in [-0.05, 0) is 6.42 Å². The van der Waals surface area contributed by atoms with Gasteiger partial charge in [0.2, 0.25) is 11.8 Å². The van der Waals surface area contributed by atoms with Gasteiger partial charge in [0.1, 0.15) is 0 Å². The first-order valence-electron chi connectivity index (χ1n) is 5.37. The van der Waals surface area contributed by atoms with Crippen LogP contribution in [0.5, 0.6) is 0 Å². The Morgan fingerprint density at radius 3 is 2.40 bits per heavy atom. The molecule has 0 bridgehead atoms. The zero-order valence-corrected chi connectivity index (χ0v) is 9.96. The molecule has 0 aromatic carbocycles. The number of carbonyl (C=O) groups excluding carboxylic acids is 2. The van der Waals surface area contributed by atoms with Crippen LogP contribution in [0.3, 0.4) is 0 Å². The molecule has 0 aliphatic carbocycles. The molecule has 4 nitrogen and oxygen atoms in total. The standard InChI is InChI=1S/C11H20N2O2/c1-8(14)12-9-5-6-13(7-9)10(15)11(2,3)4/h9H,5-7H2,1-4H3,(H,12,14)/t9-/m1/s1. The fourth-order valence-corrected chi connectivity index (χ4v) is 1.82. The molecule has 4 heteroatoms. The van der Waals surface area contributed by atoms with E-state index in [0.717, 1.165) is 13.0 Å². The summed E-state index contributed by atoms with van der Waals surface area (Å²) in [5.74, 6) is 0.139. The van der Waals surface area contributed by atoms with Crippen LogP contribution in [-0.4, -0.2) is 35.8 Å². The summed E-state index contributed by atoms with van der Waals surface area (Å²) in [6.07, 6.45) is 0.863. The first-order valence-corrected chi connectivity index (χ1v) is 5.37. The van der Waals surface area contributed by atoms with Gasteiger partial charge in [0, 0.05) is 31.5 Å². The van der Waals surface area contributed by atoms with E-state index < -0.39 is 0 Å². The van der Waals surface area contributed by atoms with Gasteiger partial charge in [-0.1, -0.05) is 20.8 Å². The molecule has 2 amide bonds. The number of nitrogens with zero attached hydrogens (tertiary/aromatic N) is 1. The second-order valence-corrected chi connectivity index (χ2v) is 5.19. The van der Waals surface area contributed by atoms with Gasteiger partial charge >= 0.3 is 0 Å². The van der Waals surface area contributed by atoms with E-state index in [9.17, 15) is 9.59 Å². The van der Waals surface area contributed by atoms with Crippen LogP contribution in [-0.2, 0) is 9.59 Å². The van der Waals surface area contributed by atoms with E-state index in [2.05, 4.69) is 5.32 Å². The van der Waals surface area contributed by atoms with Crippen molar-refractivity contribution in [2.24, 2.45) is 5.41 Å². The maximum atomic E-state index is 11.9. The molecule has 15 heavy (non-hydrogen) atoms. The summed E-state index contributed by atoms with van der Waals surface area (Å²) >= 11 is 0. The third-order valence-corrected chi connectivity index (χ3v) is 2.52. The van der Waals surface area contributed by atoms with Gasteiger partial charge in [0.15, 0.2) is 0 Å². The molecule has 1 aliphatic heterocycles. The highest BCUT2D eigenvalue weighted by Gasteiger charge is 2.32. The zero-order valence-electron chi connectivity index (χ0n) is 9.96. The molecule has 1 N–H and O–H groups in total. The average Bonchev–Trinajstić information content (AvgIpc) is 2.48. The number of hydrogen-bond donors (Lipinski definition) is 1. The number of rotatable bonds is 1. The lowest BCUT2D eigenvalue weighted by Gasteiger charge is -2.25. The van der Waals surface area contributed by atoms with Crippen molar-refractivity contribution in [3.63, 3.8) is 0 Å². The Labute approximate surface area is 91.0 Å². The van der Waals surface area contributed by atoms with Crippen LogP contribution in [0.15, 0.2) is 0 Å². The fourth-order valence-electron chi connectivity index (χ4n) is 1.82. The van der Waals surface area contributed by atoms with Gasteiger partial charge in [0.25, 0.3) is 0 Å². The quantitative estimate of drug-likeness (QED) is 0.698.